The van der Waals surface area contributed by atoms with Crippen LogP contribution in [0.25, 0.3) is 21.8 Å². The number of imidazole rings is 1. The summed E-state index contributed by atoms with van der Waals surface area (Å²) in [5, 5.41) is 2.10. The fraction of sp³-hybridized carbons (Fsp3) is 0.182. The summed E-state index contributed by atoms with van der Waals surface area (Å²) in [5.41, 5.74) is 1.68. The van der Waals surface area contributed by atoms with Gasteiger partial charge in [0, 0.05) is 11.8 Å². The van der Waals surface area contributed by atoms with Crippen LogP contribution in [-0.2, 0) is 6.42 Å². The lowest BCUT2D eigenvalue weighted by Gasteiger charge is -2.11. The molecular weight excluding hydrogens is 324 g/mol. The molecule has 0 atom stereocenters. The number of nitrogens with zero attached hydrogens (tertiary/aromatic N) is 2. The smallest absolute Gasteiger partial charge is 0.270 e. The van der Waals surface area contributed by atoms with Gasteiger partial charge < -0.3 is 4.74 Å². The van der Waals surface area contributed by atoms with Gasteiger partial charge in [-0.15, -0.1) is 0 Å². The Morgan fingerprint density at radius 1 is 1.00 bits per heavy atom. The number of ether oxygens (including phenoxy) is 1. The number of rotatable bonds is 5. The topological polar surface area (TPSA) is 44.1 Å². The van der Waals surface area contributed by atoms with Gasteiger partial charge in [0.05, 0.1) is 11.0 Å². The lowest BCUT2D eigenvalue weighted by molar-refractivity contribution is 0.0840. The number of aryl methyl sites for hydroxylation is 1. The Hall–Kier alpha value is -3.14. The molecule has 1 aromatic heterocycles. The molecule has 0 radical (unpaired) electrons. The maximum atomic E-state index is 12.9. The number of para-hydroxylation sites is 2. The molecule has 4 rings (SSSR count). The molecule has 0 amide bonds. The predicted octanol–water partition coefficient (Wildman–Crippen LogP) is 4.86. The monoisotopic (exact) mass is 344 g/mol. The minimum Gasteiger partial charge on any atom is -0.483 e. The van der Waals surface area contributed by atoms with Gasteiger partial charge in [-0.05, 0) is 30.0 Å². The van der Waals surface area contributed by atoms with Gasteiger partial charge in [0.25, 0.3) is 5.91 Å². The summed E-state index contributed by atoms with van der Waals surface area (Å²) < 4.78 is 7.59. The van der Waals surface area contributed by atoms with Crippen molar-refractivity contribution in [3.8, 4) is 5.75 Å². The number of carbonyl (C=O) groups is 1. The Balaban J connectivity index is 1.64. The third-order valence-electron chi connectivity index (χ3n) is 4.45. The summed E-state index contributed by atoms with van der Waals surface area (Å²) in [4.78, 5) is 17.5. The van der Waals surface area contributed by atoms with Crippen LogP contribution in [0, 0.1) is 0 Å². The summed E-state index contributed by atoms with van der Waals surface area (Å²) in [5.74, 6) is 1.41. The molecular formula is C22H20N2O2. The second kappa shape index (κ2) is 7.00. The van der Waals surface area contributed by atoms with E-state index in [1.54, 1.807) is 4.57 Å². The Morgan fingerprint density at radius 2 is 1.77 bits per heavy atom. The van der Waals surface area contributed by atoms with Gasteiger partial charge in [-0.1, -0.05) is 55.5 Å². The fourth-order valence-electron chi connectivity index (χ4n) is 3.27. The van der Waals surface area contributed by atoms with E-state index >= 15 is 0 Å². The zero-order valence-electron chi connectivity index (χ0n) is 14.7. The van der Waals surface area contributed by atoms with Crippen LogP contribution in [0.5, 0.6) is 5.75 Å². The summed E-state index contributed by atoms with van der Waals surface area (Å²) in [6, 6.07) is 21.6. The molecule has 0 unspecified atom stereocenters. The van der Waals surface area contributed by atoms with E-state index in [0.717, 1.165) is 46.2 Å². The van der Waals surface area contributed by atoms with Crippen molar-refractivity contribution in [2.45, 2.75) is 19.8 Å². The molecule has 0 bridgehead atoms. The Bertz CT molecular complexity index is 1080. The highest BCUT2D eigenvalue weighted by Crippen LogP contribution is 2.25. The lowest BCUT2D eigenvalue weighted by Crippen LogP contribution is -2.21. The Morgan fingerprint density at radius 3 is 2.65 bits per heavy atom. The highest BCUT2D eigenvalue weighted by Gasteiger charge is 2.17. The zero-order valence-corrected chi connectivity index (χ0v) is 14.7. The van der Waals surface area contributed by atoms with Crippen LogP contribution < -0.4 is 4.74 Å². The van der Waals surface area contributed by atoms with E-state index in [2.05, 4.69) is 11.9 Å². The van der Waals surface area contributed by atoms with Crippen molar-refractivity contribution in [3.05, 3.63) is 72.6 Å². The van der Waals surface area contributed by atoms with E-state index in [4.69, 9.17) is 4.74 Å². The molecule has 0 aliphatic rings. The van der Waals surface area contributed by atoms with Crippen LogP contribution in [0.3, 0.4) is 0 Å². The van der Waals surface area contributed by atoms with E-state index in [9.17, 15) is 4.79 Å². The molecule has 26 heavy (non-hydrogen) atoms. The van der Waals surface area contributed by atoms with Gasteiger partial charge in [-0.3, -0.25) is 9.36 Å². The maximum Gasteiger partial charge on any atom is 0.270 e. The maximum absolute atomic E-state index is 12.9. The molecule has 0 aliphatic heterocycles. The molecule has 1 heterocycles. The quantitative estimate of drug-likeness (QED) is 0.519. The van der Waals surface area contributed by atoms with Crippen molar-refractivity contribution < 1.29 is 9.53 Å². The molecule has 0 fully saturated rings. The Labute approximate surface area is 152 Å². The Kier molecular flexibility index (Phi) is 4.40. The van der Waals surface area contributed by atoms with E-state index in [1.807, 2.05) is 66.7 Å². The number of hydrogen-bond donors (Lipinski definition) is 0. The van der Waals surface area contributed by atoms with E-state index in [0.29, 0.717) is 0 Å². The minimum absolute atomic E-state index is 0.0227. The number of hydrogen-bond acceptors (Lipinski definition) is 3. The van der Waals surface area contributed by atoms with Gasteiger partial charge >= 0.3 is 0 Å². The fourth-order valence-corrected chi connectivity index (χ4v) is 3.27. The normalized spacial score (nSPS) is 11.1. The van der Waals surface area contributed by atoms with Crippen LogP contribution in [0.1, 0.15) is 24.0 Å². The predicted molar refractivity (Wildman–Crippen MR) is 104 cm³/mol. The highest BCUT2D eigenvalue weighted by atomic mass is 16.5. The van der Waals surface area contributed by atoms with Crippen LogP contribution in [0.15, 0.2) is 66.7 Å². The molecule has 0 saturated heterocycles. The van der Waals surface area contributed by atoms with Gasteiger partial charge in [0.2, 0.25) is 0 Å². The summed E-state index contributed by atoms with van der Waals surface area (Å²) in [7, 11) is 0. The molecule has 0 spiro atoms. The average molecular weight is 344 g/mol. The molecule has 0 aliphatic carbocycles. The van der Waals surface area contributed by atoms with Crippen molar-refractivity contribution in [3.63, 3.8) is 0 Å². The standard InChI is InChI=1S/C22H20N2O2/c1-2-8-21-23-18-12-5-6-13-19(18)24(21)22(25)15-26-20-14-7-10-16-9-3-4-11-17(16)20/h3-7,9-14H,2,8,15H2,1H3. The second-order valence-corrected chi connectivity index (χ2v) is 6.26. The summed E-state index contributed by atoms with van der Waals surface area (Å²) in [6.45, 7) is 2.06. The highest BCUT2D eigenvalue weighted by molar-refractivity contribution is 5.93. The molecule has 4 heteroatoms. The van der Waals surface area contributed by atoms with E-state index in [-0.39, 0.29) is 12.5 Å². The SMILES string of the molecule is CCCc1nc2ccccc2n1C(=O)COc1cccc2ccccc12. The first-order valence-electron chi connectivity index (χ1n) is 8.88. The molecule has 0 saturated carbocycles. The van der Waals surface area contributed by atoms with Crippen molar-refractivity contribution >= 4 is 27.7 Å². The van der Waals surface area contributed by atoms with Gasteiger partial charge in [-0.2, -0.15) is 0 Å². The number of benzene rings is 3. The third-order valence-corrected chi connectivity index (χ3v) is 4.45. The largest absolute Gasteiger partial charge is 0.483 e. The number of aromatic nitrogens is 2. The number of fused-ring (bicyclic) bond motifs is 2. The average Bonchev–Trinajstić information content (AvgIpc) is 3.04. The van der Waals surface area contributed by atoms with Crippen LogP contribution in [-0.4, -0.2) is 22.1 Å². The molecule has 4 nitrogen and oxygen atoms in total. The molecule has 3 aromatic carbocycles. The van der Waals surface area contributed by atoms with Gasteiger partial charge in [0.1, 0.15) is 11.6 Å². The summed E-state index contributed by atoms with van der Waals surface area (Å²) in [6.07, 6.45) is 1.69. The van der Waals surface area contributed by atoms with Crippen molar-refractivity contribution in [1.29, 1.82) is 0 Å². The summed E-state index contributed by atoms with van der Waals surface area (Å²) >= 11 is 0. The van der Waals surface area contributed by atoms with Gasteiger partial charge in [-0.25, -0.2) is 4.98 Å². The van der Waals surface area contributed by atoms with Crippen molar-refractivity contribution in [2.24, 2.45) is 0 Å². The molecule has 4 aromatic rings. The first-order chi connectivity index (χ1) is 12.8. The van der Waals surface area contributed by atoms with Crippen LogP contribution >= 0.6 is 0 Å². The van der Waals surface area contributed by atoms with Crippen molar-refractivity contribution in [2.75, 3.05) is 6.61 Å². The minimum atomic E-state index is -0.102. The van der Waals surface area contributed by atoms with E-state index in [1.165, 1.54) is 0 Å². The number of carbonyl (C=O) groups excluding carboxylic acids is 1. The molecule has 130 valence electrons. The lowest BCUT2D eigenvalue weighted by atomic mass is 10.1. The van der Waals surface area contributed by atoms with Crippen molar-refractivity contribution in [1.82, 2.24) is 9.55 Å². The second-order valence-electron chi connectivity index (χ2n) is 6.26. The molecule has 0 N–H and O–H groups in total. The van der Waals surface area contributed by atoms with Crippen LogP contribution in [0.2, 0.25) is 0 Å². The zero-order chi connectivity index (χ0) is 17.9. The first-order valence-corrected chi connectivity index (χ1v) is 8.88. The first kappa shape index (κ1) is 16.3. The van der Waals surface area contributed by atoms with E-state index < -0.39 is 0 Å². The van der Waals surface area contributed by atoms with Crippen LogP contribution in [0.4, 0.5) is 0 Å². The third kappa shape index (κ3) is 2.94. The van der Waals surface area contributed by atoms with Gasteiger partial charge in [0.15, 0.2) is 6.61 Å².